The van der Waals surface area contributed by atoms with Crippen molar-refractivity contribution in [2.24, 2.45) is 4.99 Å². The van der Waals surface area contributed by atoms with Gasteiger partial charge in [0.05, 0.1) is 34.5 Å². The van der Waals surface area contributed by atoms with Gasteiger partial charge in [0.15, 0.2) is 4.80 Å². The van der Waals surface area contributed by atoms with Crippen LogP contribution >= 0.6 is 22.9 Å². The Kier molecular flexibility index (Phi) is 7.14. The molecule has 4 rings (SSSR count). The Labute approximate surface area is 209 Å². The number of benzene rings is 2. The quantitative estimate of drug-likeness (QED) is 0.376. The molecule has 3 aromatic rings. The molecule has 1 aromatic heterocycles. The summed E-state index contributed by atoms with van der Waals surface area (Å²) in [6, 6.07) is 12.9. The average molecular weight is 509 g/mol. The lowest BCUT2D eigenvalue weighted by Gasteiger charge is -2.24. The minimum absolute atomic E-state index is 0.0144. The predicted molar refractivity (Wildman–Crippen MR) is 134 cm³/mol. The Morgan fingerprint density at radius 3 is 2.54 bits per heavy atom. The zero-order chi connectivity index (χ0) is 25.1. The number of nitrogens with zero attached hydrogens (tertiary/aromatic N) is 2. The maximum absolute atomic E-state index is 13.6. The third-order valence-electron chi connectivity index (χ3n) is 5.41. The molecule has 2 aromatic carbocycles. The van der Waals surface area contributed by atoms with E-state index in [-0.39, 0.29) is 17.7 Å². The monoisotopic (exact) mass is 508 g/mol. The van der Waals surface area contributed by atoms with Gasteiger partial charge in [-0.3, -0.25) is 9.36 Å². The fourth-order valence-corrected chi connectivity index (χ4v) is 4.99. The summed E-state index contributed by atoms with van der Waals surface area (Å²) in [4.78, 5) is 43.5. The highest BCUT2D eigenvalue weighted by Gasteiger charge is 2.33. The number of rotatable bonds is 6. The molecule has 1 aliphatic rings. The molecule has 0 saturated carbocycles. The Bertz CT molecular complexity index is 1530. The average Bonchev–Trinajstić information content (AvgIpc) is 3.17. The van der Waals surface area contributed by atoms with Crippen LogP contribution in [0.1, 0.15) is 34.5 Å². The van der Waals surface area contributed by atoms with Gasteiger partial charge in [-0.2, -0.15) is 0 Å². The minimum atomic E-state index is -0.802. The van der Waals surface area contributed by atoms with Crippen LogP contribution in [0.2, 0.25) is 5.02 Å². The van der Waals surface area contributed by atoms with Gasteiger partial charge in [0.2, 0.25) is 0 Å². The van der Waals surface area contributed by atoms with Gasteiger partial charge in [0, 0.05) is 5.02 Å². The van der Waals surface area contributed by atoms with Crippen molar-refractivity contribution in [3.63, 3.8) is 0 Å². The Morgan fingerprint density at radius 1 is 1.17 bits per heavy atom. The van der Waals surface area contributed by atoms with Crippen molar-refractivity contribution in [3.8, 4) is 0 Å². The molecule has 0 aliphatic carbocycles. The van der Waals surface area contributed by atoms with E-state index in [1.165, 1.54) is 29.1 Å². The summed E-state index contributed by atoms with van der Waals surface area (Å²) in [5, 5.41) is 0.512. The van der Waals surface area contributed by atoms with Crippen LogP contribution in [0.3, 0.4) is 0 Å². The first-order valence-corrected chi connectivity index (χ1v) is 11.8. The van der Waals surface area contributed by atoms with Crippen molar-refractivity contribution in [2.75, 3.05) is 13.7 Å². The second-order valence-corrected chi connectivity index (χ2v) is 9.02. The molecule has 178 valence electrons. The first-order chi connectivity index (χ1) is 16.8. The second-order valence-electron chi connectivity index (χ2n) is 7.60. The van der Waals surface area contributed by atoms with E-state index in [0.717, 1.165) is 0 Å². The second kappa shape index (κ2) is 10.2. The van der Waals surface area contributed by atoms with Crippen molar-refractivity contribution >= 4 is 41.0 Å². The molecule has 0 saturated heterocycles. The number of carbonyl (C=O) groups is 2. The smallest absolute Gasteiger partial charge is 0.338 e. The molecule has 0 bridgehead atoms. The maximum Gasteiger partial charge on any atom is 0.338 e. The van der Waals surface area contributed by atoms with E-state index in [1.807, 2.05) is 18.2 Å². The molecule has 0 fully saturated rings. The van der Waals surface area contributed by atoms with E-state index in [0.29, 0.717) is 36.7 Å². The van der Waals surface area contributed by atoms with Gasteiger partial charge in [-0.05, 0) is 42.3 Å². The number of aromatic nitrogens is 1. The molecule has 1 atom stereocenters. The van der Waals surface area contributed by atoms with Crippen LogP contribution in [0.5, 0.6) is 0 Å². The van der Waals surface area contributed by atoms with E-state index in [1.54, 1.807) is 43.3 Å². The van der Waals surface area contributed by atoms with Gasteiger partial charge < -0.3 is 9.47 Å². The van der Waals surface area contributed by atoms with Crippen LogP contribution in [-0.4, -0.2) is 30.2 Å². The number of methoxy groups -OCH3 is 1. The first kappa shape index (κ1) is 24.4. The number of ether oxygens (including phenoxy) is 2. The summed E-state index contributed by atoms with van der Waals surface area (Å²) in [6.45, 7) is 5.29. The van der Waals surface area contributed by atoms with Gasteiger partial charge in [-0.15, -0.1) is 0 Å². The third kappa shape index (κ3) is 4.76. The number of hydrogen-bond donors (Lipinski definition) is 0. The highest BCUT2D eigenvalue weighted by Crippen LogP contribution is 2.31. The molecule has 1 aliphatic heterocycles. The van der Waals surface area contributed by atoms with Crippen LogP contribution in [-0.2, 0) is 14.3 Å². The fourth-order valence-electron chi connectivity index (χ4n) is 3.76. The summed E-state index contributed by atoms with van der Waals surface area (Å²) < 4.78 is 12.0. The van der Waals surface area contributed by atoms with Crippen molar-refractivity contribution in [2.45, 2.75) is 13.0 Å². The molecular weight excluding hydrogens is 488 g/mol. The molecule has 9 heteroatoms. The van der Waals surface area contributed by atoms with Gasteiger partial charge in [0.1, 0.15) is 6.61 Å². The zero-order valence-corrected chi connectivity index (χ0v) is 20.6. The van der Waals surface area contributed by atoms with Crippen LogP contribution in [0.15, 0.2) is 82.2 Å². The van der Waals surface area contributed by atoms with Crippen LogP contribution in [0.4, 0.5) is 0 Å². The Hall–Kier alpha value is -3.75. The number of carbonyl (C=O) groups excluding carboxylic acids is 2. The van der Waals surface area contributed by atoms with Gasteiger partial charge in [-0.25, -0.2) is 14.6 Å². The summed E-state index contributed by atoms with van der Waals surface area (Å²) in [6.07, 6.45) is 3.17. The number of allylic oxidation sites excluding steroid dienone is 1. The Balaban J connectivity index is 1.92. The molecule has 0 spiro atoms. The van der Waals surface area contributed by atoms with E-state index >= 15 is 0 Å². The number of fused-ring (bicyclic) bond motifs is 1. The lowest BCUT2D eigenvalue weighted by molar-refractivity contribution is -0.138. The van der Waals surface area contributed by atoms with Gasteiger partial charge in [0.25, 0.3) is 5.56 Å². The van der Waals surface area contributed by atoms with Crippen molar-refractivity contribution in [3.05, 3.63) is 114 Å². The molecule has 0 N–H and O–H groups in total. The van der Waals surface area contributed by atoms with Crippen LogP contribution < -0.4 is 14.9 Å². The number of esters is 2. The normalized spacial score (nSPS) is 15.3. The maximum atomic E-state index is 13.6. The minimum Gasteiger partial charge on any atom is -0.465 e. The highest BCUT2D eigenvalue weighted by atomic mass is 35.5. The van der Waals surface area contributed by atoms with E-state index in [4.69, 9.17) is 21.1 Å². The molecule has 0 amide bonds. The first-order valence-electron chi connectivity index (χ1n) is 10.6. The molecular formula is C26H21ClN2O5S. The Morgan fingerprint density at radius 2 is 1.89 bits per heavy atom. The number of halogens is 1. The van der Waals surface area contributed by atoms with E-state index in [9.17, 15) is 14.4 Å². The van der Waals surface area contributed by atoms with E-state index < -0.39 is 18.0 Å². The molecule has 1 unspecified atom stereocenters. The molecule has 35 heavy (non-hydrogen) atoms. The highest BCUT2D eigenvalue weighted by molar-refractivity contribution is 7.07. The summed E-state index contributed by atoms with van der Waals surface area (Å²) in [5.41, 5.74) is 2.00. The van der Waals surface area contributed by atoms with Gasteiger partial charge in [-0.1, -0.05) is 65.9 Å². The predicted octanol–water partition coefficient (Wildman–Crippen LogP) is 3.40. The fraction of sp³-hybridized carbons (Fsp3) is 0.154. The van der Waals surface area contributed by atoms with Gasteiger partial charge >= 0.3 is 11.9 Å². The SMILES string of the molecule is C=CCOC(=O)C1=C(C)N=c2sc(=Cc3ccccc3Cl)c(=O)n2C1c1ccc(C(=O)OC)cc1. The molecule has 7 nitrogen and oxygen atoms in total. The van der Waals surface area contributed by atoms with Crippen molar-refractivity contribution in [1.82, 2.24) is 4.57 Å². The molecule has 2 heterocycles. The lowest BCUT2D eigenvalue weighted by atomic mass is 9.95. The van der Waals surface area contributed by atoms with E-state index in [2.05, 4.69) is 11.6 Å². The summed E-state index contributed by atoms with van der Waals surface area (Å²) >= 11 is 7.50. The zero-order valence-electron chi connectivity index (χ0n) is 19.0. The van der Waals surface area contributed by atoms with Crippen molar-refractivity contribution < 1.29 is 19.1 Å². The lowest BCUT2D eigenvalue weighted by Crippen LogP contribution is -2.40. The van der Waals surface area contributed by atoms with Crippen molar-refractivity contribution in [1.29, 1.82) is 0 Å². The summed E-state index contributed by atoms with van der Waals surface area (Å²) in [5.74, 6) is -1.09. The van der Waals surface area contributed by atoms with Crippen LogP contribution in [0.25, 0.3) is 6.08 Å². The standard InChI is InChI=1S/C26H21ClN2O5S/c1-4-13-34-25(32)21-15(2)28-26-29(22(21)16-9-11-17(12-10-16)24(31)33-3)23(30)20(35-26)14-18-7-5-6-8-19(18)27/h4-12,14,22H,1,13H2,2-3H3. The van der Waals surface area contributed by atoms with Crippen LogP contribution in [0, 0.1) is 0 Å². The molecule has 0 radical (unpaired) electrons. The third-order valence-corrected chi connectivity index (χ3v) is 6.74. The number of hydrogen-bond acceptors (Lipinski definition) is 7. The number of thiazole rings is 1. The largest absolute Gasteiger partial charge is 0.465 e. The topological polar surface area (TPSA) is 87.0 Å². The summed E-state index contributed by atoms with van der Waals surface area (Å²) in [7, 11) is 1.30.